The van der Waals surface area contributed by atoms with Crippen LogP contribution in [-0.2, 0) is 12.8 Å². The van der Waals surface area contributed by atoms with E-state index in [1.54, 1.807) is 0 Å². The second-order valence-corrected chi connectivity index (χ2v) is 11.0. The monoisotopic (exact) mass is 430 g/mol. The Hall–Kier alpha value is -0.830. The molecule has 1 fully saturated rings. The fraction of sp³-hybridized carbons (Fsp3) is 0.815. The van der Waals surface area contributed by atoms with E-state index in [1.807, 2.05) is 11.3 Å². The lowest BCUT2D eigenvalue weighted by atomic mass is 9.78. The zero-order valence-corrected chi connectivity index (χ0v) is 20.7. The van der Waals surface area contributed by atoms with Gasteiger partial charge < -0.3 is 0 Å². The number of fused-ring (bicyclic) bond motifs is 1. The van der Waals surface area contributed by atoms with Crippen LogP contribution >= 0.6 is 11.3 Å². The average Bonchev–Trinajstić information content (AvgIpc) is 3.31. The van der Waals surface area contributed by atoms with Gasteiger partial charge in [-0.05, 0) is 37.5 Å². The molecule has 1 aliphatic rings. The van der Waals surface area contributed by atoms with E-state index in [4.69, 9.17) is 4.98 Å². The van der Waals surface area contributed by atoms with Crippen molar-refractivity contribution in [2.75, 3.05) is 0 Å². The number of rotatable bonds is 15. The second-order valence-electron chi connectivity index (χ2n) is 9.91. The summed E-state index contributed by atoms with van der Waals surface area (Å²) in [6.07, 6.45) is 29.8. The van der Waals surface area contributed by atoms with Crippen LogP contribution in [0, 0.1) is 11.8 Å². The van der Waals surface area contributed by atoms with Gasteiger partial charge in [-0.25, -0.2) is 4.98 Å². The summed E-state index contributed by atoms with van der Waals surface area (Å²) in [6, 6.07) is 0. The molecule has 0 radical (unpaired) electrons. The summed E-state index contributed by atoms with van der Waals surface area (Å²) in [6.45, 7) is 4.59. The molecule has 0 aromatic carbocycles. The highest BCUT2D eigenvalue weighted by Crippen LogP contribution is 2.35. The molecule has 2 aromatic heterocycles. The van der Waals surface area contributed by atoms with Crippen molar-refractivity contribution in [3.8, 4) is 0 Å². The normalized spacial score (nSPS) is 19.7. The predicted molar refractivity (Wildman–Crippen MR) is 133 cm³/mol. The largest absolute Gasteiger partial charge is 0.297 e. The van der Waals surface area contributed by atoms with Crippen molar-refractivity contribution in [2.45, 2.75) is 129 Å². The van der Waals surface area contributed by atoms with E-state index in [2.05, 4.69) is 30.6 Å². The first-order chi connectivity index (χ1) is 14.8. The van der Waals surface area contributed by atoms with E-state index in [1.165, 1.54) is 125 Å². The summed E-state index contributed by atoms with van der Waals surface area (Å²) in [5, 5.41) is 0. The number of imidazole rings is 1. The highest BCUT2D eigenvalue weighted by molar-refractivity contribution is 7.17. The summed E-state index contributed by atoms with van der Waals surface area (Å²) in [4.78, 5) is 7.63. The zero-order valence-electron chi connectivity index (χ0n) is 19.8. The number of thiazole rings is 1. The van der Waals surface area contributed by atoms with Crippen LogP contribution in [0.1, 0.15) is 127 Å². The summed E-state index contributed by atoms with van der Waals surface area (Å²) in [7, 11) is 0. The van der Waals surface area contributed by atoms with E-state index in [-0.39, 0.29) is 0 Å². The molecule has 1 saturated carbocycles. The molecule has 3 rings (SSSR count). The number of aromatic nitrogens is 2. The first kappa shape index (κ1) is 23.8. The van der Waals surface area contributed by atoms with Gasteiger partial charge in [0.05, 0.1) is 5.69 Å². The van der Waals surface area contributed by atoms with Gasteiger partial charge in [-0.3, -0.25) is 4.40 Å². The van der Waals surface area contributed by atoms with E-state index in [9.17, 15) is 0 Å². The zero-order chi connectivity index (χ0) is 21.0. The standard InChI is InChI=1S/C27H46N2S/c1-3-5-7-9-11-13-23-15-17-24(18-16-23)19-20-26-22-29-21-25(28-27(29)30-26)14-12-10-8-6-4-2/h21-24H,3-20H2,1-2H3/t23-,24-. The minimum atomic E-state index is 0.967. The maximum atomic E-state index is 4.88. The average molecular weight is 431 g/mol. The fourth-order valence-corrected chi connectivity index (χ4v) is 6.22. The van der Waals surface area contributed by atoms with Gasteiger partial charge in [-0.1, -0.05) is 104 Å². The van der Waals surface area contributed by atoms with Crippen molar-refractivity contribution < 1.29 is 0 Å². The van der Waals surface area contributed by atoms with E-state index < -0.39 is 0 Å². The van der Waals surface area contributed by atoms with Crippen molar-refractivity contribution >= 4 is 16.3 Å². The molecule has 3 heteroatoms. The molecule has 0 atom stereocenters. The summed E-state index contributed by atoms with van der Waals surface area (Å²) in [5.74, 6) is 2.00. The molecule has 2 heterocycles. The molecule has 0 amide bonds. The Morgan fingerprint density at radius 3 is 2.07 bits per heavy atom. The van der Waals surface area contributed by atoms with Crippen LogP contribution in [0.15, 0.2) is 12.4 Å². The SMILES string of the molecule is CCCCCCCc1cn2cc(CC[C@H]3CC[C@H](CCCCCCC)CC3)sc2n1. The molecular weight excluding hydrogens is 384 g/mol. The Labute approximate surface area is 189 Å². The van der Waals surface area contributed by atoms with Crippen molar-refractivity contribution in [3.63, 3.8) is 0 Å². The molecule has 30 heavy (non-hydrogen) atoms. The number of unbranched alkanes of at least 4 members (excludes halogenated alkanes) is 8. The number of hydrogen-bond acceptors (Lipinski definition) is 2. The summed E-state index contributed by atoms with van der Waals surface area (Å²) in [5.41, 5.74) is 1.29. The molecule has 0 spiro atoms. The third kappa shape index (κ3) is 8.02. The summed E-state index contributed by atoms with van der Waals surface area (Å²) < 4.78 is 2.29. The van der Waals surface area contributed by atoms with Crippen molar-refractivity contribution in [2.24, 2.45) is 11.8 Å². The van der Waals surface area contributed by atoms with Crippen LogP contribution in [0.25, 0.3) is 4.96 Å². The van der Waals surface area contributed by atoms with Crippen molar-refractivity contribution in [3.05, 3.63) is 23.0 Å². The van der Waals surface area contributed by atoms with Crippen LogP contribution < -0.4 is 0 Å². The second kappa shape index (κ2) is 13.6. The van der Waals surface area contributed by atoms with Crippen LogP contribution in [0.4, 0.5) is 0 Å². The summed E-state index contributed by atoms with van der Waals surface area (Å²) >= 11 is 1.92. The van der Waals surface area contributed by atoms with Crippen LogP contribution in [0.3, 0.4) is 0 Å². The molecule has 0 bridgehead atoms. The van der Waals surface area contributed by atoms with Gasteiger partial charge >= 0.3 is 0 Å². The third-order valence-electron chi connectivity index (χ3n) is 7.27. The maximum absolute atomic E-state index is 4.88. The van der Waals surface area contributed by atoms with Crippen molar-refractivity contribution in [1.82, 2.24) is 9.38 Å². The molecule has 2 aromatic rings. The molecule has 0 aliphatic heterocycles. The minimum absolute atomic E-state index is 0.967. The predicted octanol–water partition coefficient (Wildman–Crippen LogP) is 9.01. The lowest BCUT2D eigenvalue weighted by molar-refractivity contribution is 0.249. The maximum Gasteiger partial charge on any atom is 0.194 e. The first-order valence-corrected chi connectivity index (χ1v) is 14.1. The van der Waals surface area contributed by atoms with Gasteiger partial charge in [-0.2, -0.15) is 0 Å². The van der Waals surface area contributed by atoms with E-state index in [0.717, 1.165) is 18.3 Å². The quantitative estimate of drug-likeness (QED) is 0.258. The van der Waals surface area contributed by atoms with Crippen LogP contribution in [-0.4, -0.2) is 9.38 Å². The van der Waals surface area contributed by atoms with E-state index in [0.29, 0.717) is 0 Å². The molecule has 2 nitrogen and oxygen atoms in total. The Morgan fingerprint density at radius 1 is 0.767 bits per heavy atom. The molecule has 0 saturated heterocycles. The minimum Gasteiger partial charge on any atom is -0.297 e. The Bertz CT molecular complexity index is 661. The lowest BCUT2D eigenvalue weighted by Crippen LogP contribution is -2.15. The molecule has 170 valence electrons. The first-order valence-electron chi connectivity index (χ1n) is 13.2. The highest BCUT2D eigenvalue weighted by Gasteiger charge is 2.21. The Balaban J connectivity index is 1.31. The lowest BCUT2D eigenvalue weighted by Gasteiger charge is -2.28. The van der Waals surface area contributed by atoms with Gasteiger partial charge in [0.15, 0.2) is 4.96 Å². The smallest absolute Gasteiger partial charge is 0.194 e. The molecule has 0 unspecified atom stereocenters. The third-order valence-corrected chi connectivity index (χ3v) is 8.33. The Kier molecular flexibility index (Phi) is 10.8. The number of nitrogens with zero attached hydrogens (tertiary/aromatic N) is 2. The fourth-order valence-electron chi connectivity index (χ4n) is 5.23. The van der Waals surface area contributed by atoms with Crippen molar-refractivity contribution in [1.29, 1.82) is 0 Å². The molecular formula is C27H46N2S. The Morgan fingerprint density at radius 2 is 1.40 bits per heavy atom. The van der Waals surface area contributed by atoms with Gasteiger partial charge in [0.25, 0.3) is 0 Å². The number of hydrogen-bond donors (Lipinski definition) is 0. The van der Waals surface area contributed by atoms with Crippen LogP contribution in [0.5, 0.6) is 0 Å². The van der Waals surface area contributed by atoms with Gasteiger partial charge in [0.2, 0.25) is 0 Å². The van der Waals surface area contributed by atoms with Gasteiger partial charge in [0, 0.05) is 17.3 Å². The topological polar surface area (TPSA) is 17.3 Å². The highest BCUT2D eigenvalue weighted by atomic mass is 32.1. The molecule has 1 aliphatic carbocycles. The van der Waals surface area contributed by atoms with E-state index >= 15 is 0 Å². The number of aryl methyl sites for hydroxylation is 2. The van der Waals surface area contributed by atoms with Crippen LogP contribution in [0.2, 0.25) is 0 Å². The van der Waals surface area contributed by atoms with Gasteiger partial charge in [-0.15, -0.1) is 11.3 Å². The van der Waals surface area contributed by atoms with Gasteiger partial charge in [0.1, 0.15) is 0 Å². The molecule has 0 N–H and O–H groups in total.